The molecule has 3 aromatic rings. The summed E-state index contributed by atoms with van der Waals surface area (Å²) in [4.78, 5) is 5.98. The molecule has 4 rings (SSSR count). The van der Waals surface area contributed by atoms with E-state index in [1.165, 1.54) is 53.5 Å². The van der Waals surface area contributed by atoms with E-state index < -0.39 is 0 Å². The first-order chi connectivity index (χ1) is 10.3. The van der Waals surface area contributed by atoms with Crippen molar-refractivity contribution in [1.29, 1.82) is 0 Å². The zero-order chi connectivity index (χ0) is 14.4. The Morgan fingerprint density at radius 2 is 1.76 bits per heavy atom. The highest BCUT2D eigenvalue weighted by molar-refractivity contribution is 6.09. The van der Waals surface area contributed by atoms with E-state index in [4.69, 9.17) is 4.74 Å². The fraction of sp³-hybridized carbons (Fsp3) is 0.333. The van der Waals surface area contributed by atoms with Gasteiger partial charge < -0.3 is 14.6 Å². The standard InChI is InChI=1S/C18H20N2O/c1-12-9-14-15-10-13(20-7-3-4-8-20)5-6-16(15)19-17(14)11-18(12)21-2/h5-6,9-11,19H,3-4,7-8H2,1-2H3. The molecular formula is C18H20N2O. The van der Waals surface area contributed by atoms with Crippen LogP contribution >= 0.6 is 0 Å². The van der Waals surface area contributed by atoms with E-state index in [2.05, 4.69) is 47.1 Å². The van der Waals surface area contributed by atoms with Crippen molar-refractivity contribution in [3.8, 4) is 5.75 Å². The molecule has 0 amide bonds. The first-order valence-corrected chi connectivity index (χ1v) is 7.61. The molecule has 3 nitrogen and oxygen atoms in total. The lowest BCUT2D eigenvalue weighted by atomic mass is 10.1. The number of aromatic nitrogens is 1. The maximum absolute atomic E-state index is 5.43. The summed E-state index contributed by atoms with van der Waals surface area (Å²) in [7, 11) is 1.72. The summed E-state index contributed by atoms with van der Waals surface area (Å²) in [6.07, 6.45) is 2.62. The maximum atomic E-state index is 5.43. The monoisotopic (exact) mass is 280 g/mol. The molecule has 0 saturated carbocycles. The molecule has 0 bridgehead atoms. The van der Waals surface area contributed by atoms with Crippen molar-refractivity contribution in [3.63, 3.8) is 0 Å². The van der Waals surface area contributed by atoms with Gasteiger partial charge in [0, 0.05) is 41.1 Å². The summed E-state index contributed by atoms with van der Waals surface area (Å²) in [6.45, 7) is 4.46. The number of hydrogen-bond donors (Lipinski definition) is 1. The number of nitrogens with zero attached hydrogens (tertiary/aromatic N) is 1. The minimum absolute atomic E-state index is 0.939. The highest BCUT2D eigenvalue weighted by Gasteiger charge is 2.14. The van der Waals surface area contributed by atoms with Gasteiger partial charge in [-0.3, -0.25) is 0 Å². The quantitative estimate of drug-likeness (QED) is 0.760. The number of nitrogens with one attached hydrogen (secondary N) is 1. The van der Waals surface area contributed by atoms with Crippen LogP contribution in [0.1, 0.15) is 18.4 Å². The van der Waals surface area contributed by atoms with E-state index in [0.29, 0.717) is 0 Å². The molecule has 3 heteroatoms. The zero-order valence-corrected chi connectivity index (χ0v) is 12.6. The Morgan fingerprint density at radius 3 is 2.52 bits per heavy atom. The highest BCUT2D eigenvalue weighted by Crippen LogP contribution is 2.33. The van der Waals surface area contributed by atoms with Crippen molar-refractivity contribution in [3.05, 3.63) is 35.9 Å². The van der Waals surface area contributed by atoms with E-state index in [1.54, 1.807) is 7.11 Å². The first-order valence-electron chi connectivity index (χ1n) is 7.61. The van der Waals surface area contributed by atoms with Crippen LogP contribution in [0.4, 0.5) is 5.69 Å². The van der Waals surface area contributed by atoms with Crippen LogP contribution in [0.3, 0.4) is 0 Å². The van der Waals surface area contributed by atoms with E-state index in [1.807, 2.05) is 0 Å². The number of fused-ring (bicyclic) bond motifs is 3. The minimum atomic E-state index is 0.939. The van der Waals surface area contributed by atoms with E-state index >= 15 is 0 Å². The Hall–Kier alpha value is -2.16. The SMILES string of the molecule is COc1cc2[nH]c3ccc(N4CCCC4)cc3c2cc1C. The molecule has 0 spiro atoms. The zero-order valence-electron chi connectivity index (χ0n) is 12.6. The van der Waals surface area contributed by atoms with Crippen molar-refractivity contribution in [2.24, 2.45) is 0 Å². The molecule has 1 fully saturated rings. The summed E-state index contributed by atoms with van der Waals surface area (Å²) >= 11 is 0. The third-order valence-corrected chi connectivity index (χ3v) is 4.57. The normalized spacial score (nSPS) is 15.2. The number of rotatable bonds is 2. The average molecular weight is 280 g/mol. The largest absolute Gasteiger partial charge is 0.496 e. The Kier molecular flexibility index (Phi) is 2.81. The van der Waals surface area contributed by atoms with Gasteiger partial charge in [-0.25, -0.2) is 0 Å². The summed E-state index contributed by atoms with van der Waals surface area (Å²) in [6, 6.07) is 11.1. The molecule has 0 radical (unpaired) electrons. The van der Waals surface area contributed by atoms with Crippen molar-refractivity contribution >= 4 is 27.5 Å². The van der Waals surface area contributed by atoms with Gasteiger partial charge in [-0.2, -0.15) is 0 Å². The van der Waals surface area contributed by atoms with Crippen LogP contribution in [-0.2, 0) is 0 Å². The second kappa shape index (κ2) is 4.69. The number of aromatic amines is 1. The van der Waals surface area contributed by atoms with Gasteiger partial charge in [0.15, 0.2) is 0 Å². The van der Waals surface area contributed by atoms with Crippen LogP contribution in [0.5, 0.6) is 5.75 Å². The van der Waals surface area contributed by atoms with Crippen LogP contribution in [-0.4, -0.2) is 25.2 Å². The predicted molar refractivity (Wildman–Crippen MR) is 88.5 cm³/mol. The molecule has 0 unspecified atom stereocenters. The van der Waals surface area contributed by atoms with Crippen molar-refractivity contribution in [2.45, 2.75) is 19.8 Å². The number of benzene rings is 2. The van der Waals surface area contributed by atoms with Gasteiger partial charge in [0.2, 0.25) is 0 Å². The fourth-order valence-corrected chi connectivity index (χ4v) is 3.42. The van der Waals surface area contributed by atoms with Gasteiger partial charge in [-0.15, -0.1) is 0 Å². The second-order valence-corrected chi connectivity index (χ2v) is 5.92. The Balaban J connectivity index is 1.92. The molecule has 0 aliphatic carbocycles. The van der Waals surface area contributed by atoms with Gasteiger partial charge >= 0.3 is 0 Å². The first kappa shape index (κ1) is 12.6. The van der Waals surface area contributed by atoms with Crippen LogP contribution in [0.2, 0.25) is 0 Å². The van der Waals surface area contributed by atoms with Gasteiger partial charge in [-0.05, 0) is 49.6 Å². The fourth-order valence-electron chi connectivity index (χ4n) is 3.42. The predicted octanol–water partition coefficient (Wildman–Crippen LogP) is 4.24. The Labute approximate surface area is 124 Å². The van der Waals surface area contributed by atoms with Gasteiger partial charge in [0.05, 0.1) is 12.6 Å². The molecular weight excluding hydrogens is 260 g/mol. The highest BCUT2D eigenvalue weighted by atomic mass is 16.5. The van der Waals surface area contributed by atoms with Crippen LogP contribution in [0.25, 0.3) is 21.8 Å². The molecule has 1 saturated heterocycles. The van der Waals surface area contributed by atoms with E-state index in [9.17, 15) is 0 Å². The molecule has 21 heavy (non-hydrogen) atoms. The van der Waals surface area contributed by atoms with Gasteiger partial charge in [0.1, 0.15) is 5.75 Å². The van der Waals surface area contributed by atoms with Crippen molar-refractivity contribution < 1.29 is 4.74 Å². The lowest BCUT2D eigenvalue weighted by molar-refractivity contribution is 0.412. The molecule has 1 aromatic heterocycles. The molecule has 2 aromatic carbocycles. The number of ether oxygens (including phenoxy) is 1. The maximum Gasteiger partial charge on any atom is 0.123 e. The Morgan fingerprint density at radius 1 is 1.00 bits per heavy atom. The average Bonchev–Trinajstić information content (AvgIpc) is 3.13. The minimum Gasteiger partial charge on any atom is -0.496 e. The van der Waals surface area contributed by atoms with Crippen molar-refractivity contribution in [2.75, 3.05) is 25.1 Å². The smallest absolute Gasteiger partial charge is 0.123 e. The number of hydrogen-bond acceptors (Lipinski definition) is 2. The summed E-state index contributed by atoms with van der Waals surface area (Å²) in [5, 5.41) is 2.59. The molecule has 1 N–H and O–H groups in total. The summed E-state index contributed by atoms with van der Waals surface area (Å²) in [5.41, 5.74) is 4.86. The number of methoxy groups -OCH3 is 1. The van der Waals surface area contributed by atoms with Gasteiger partial charge in [0.25, 0.3) is 0 Å². The van der Waals surface area contributed by atoms with Crippen LogP contribution in [0.15, 0.2) is 30.3 Å². The van der Waals surface area contributed by atoms with Crippen molar-refractivity contribution in [1.82, 2.24) is 4.98 Å². The topological polar surface area (TPSA) is 28.3 Å². The number of H-pyrrole nitrogens is 1. The lowest BCUT2D eigenvalue weighted by Crippen LogP contribution is -2.17. The number of aryl methyl sites for hydroxylation is 1. The summed E-state index contributed by atoms with van der Waals surface area (Å²) in [5.74, 6) is 0.939. The molecule has 1 aliphatic rings. The molecule has 0 atom stereocenters. The molecule has 108 valence electrons. The summed E-state index contributed by atoms with van der Waals surface area (Å²) < 4.78 is 5.43. The molecule has 2 heterocycles. The third-order valence-electron chi connectivity index (χ3n) is 4.57. The van der Waals surface area contributed by atoms with E-state index in [0.717, 1.165) is 11.3 Å². The Bertz CT molecular complexity index is 813. The van der Waals surface area contributed by atoms with Gasteiger partial charge in [-0.1, -0.05) is 0 Å². The van der Waals surface area contributed by atoms with Crippen LogP contribution in [0, 0.1) is 6.92 Å². The second-order valence-electron chi connectivity index (χ2n) is 5.92. The molecule has 1 aliphatic heterocycles. The van der Waals surface area contributed by atoms with E-state index in [-0.39, 0.29) is 0 Å². The van der Waals surface area contributed by atoms with Crippen LogP contribution < -0.4 is 9.64 Å². The third kappa shape index (κ3) is 1.96. The lowest BCUT2D eigenvalue weighted by Gasteiger charge is -2.17. The number of anilines is 1.